The molecule has 10 heteroatoms. The van der Waals surface area contributed by atoms with Crippen LogP contribution in [-0.2, 0) is 14.1 Å². The second kappa shape index (κ2) is 11.5. The van der Waals surface area contributed by atoms with Crippen LogP contribution in [0.5, 0.6) is 11.5 Å². The first-order valence-corrected chi connectivity index (χ1v) is 12.8. The predicted octanol–water partition coefficient (Wildman–Crippen LogP) is 4.74. The Morgan fingerprint density at radius 3 is 2.65 bits per heavy atom. The van der Waals surface area contributed by atoms with Crippen molar-refractivity contribution in [2.45, 2.75) is 32.3 Å². The van der Waals surface area contributed by atoms with Gasteiger partial charge in [-0.1, -0.05) is 32.0 Å². The van der Waals surface area contributed by atoms with Crippen molar-refractivity contribution >= 4 is 14.0 Å². The topological polar surface area (TPSA) is 115 Å². The number of esters is 1. The van der Waals surface area contributed by atoms with E-state index in [0.717, 1.165) is 5.56 Å². The van der Waals surface area contributed by atoms with Crippen molar-refractivity contribution in [2.75, 3.05) is 13.0 Å². The number of carbonyl (C=O) groups is 1. The predicted molar refractivity (Wildman–Crippen MR) is 134 cm³/mol. The molecule has 3 aromatic rings. The molecule has 2 aromatic carbocycles. The van der Waals surface area contributed by atoms with E-state index in [1.165, 1.54) is 12.1 Å². The number of fused-ring (bicyclic) bond motifs is 1. The Morgan fingerprint density at radius 1 is 1.19 bits per heavy atom. The molecular formula is C27H24FNO7P+. The van der Waals surface area contributed by atoms with Gasteiger partial charge in [0.2, 0.25) is 13.0 Å². The lowest BCUT2D eigenvalue weighted by Gasteiger charge is -2.16. The molecule has 0 saturated carbocycles. The Morgan fingerprint density at radius 2 is 1.95 bits per heavy atom. The van der Waals surface area contributed by atoms with Crippen molar-refractivity contribution < 1.29 is 38.0 Å². The van der Waals surface area contributed by atoms with Gasteiger partial charge in [0.05, 0.1) is 23.4 Å². The van der Waals surface area contributed by atoms with E-state index in [4.69, 9.17) is 24.1 Å². The molecular weight excluding hydrogens is 500 g/mol. The summed E-state index contributed by atoms with van der Waals surface area (Å²) >= 11 is 0. The van der Waals surface area contributed by atoms with Crippen LogP contribution in [0.15, 0.2) is 48.5 Å². The number of para-hydroxylation sites is 1. The molecule has 37 heavy (non-hydrogen) atoms. The minimum atomic E-state index is -2.58. The van der Waals surface area contributed by atoms with Crippen molar-refractivity contribution in [3.8, 4) is 45.9 Å². The quantitative estimate of drug-likeness (QED) is 0.259. The lowest BCUT2D eigenvalue weighted by atomic mass is 9.92. The summed E-state index contributed by atoms with van der Waals surface area (Å²) in [5, 5.41) is 9.69. The summed E-state index contributed by atoms with van der Waals surface area (Å²) < 4.78 is 40.7. The van der Waals surface area contributed by atoms with Crippen LogP contribution in [0, 0.1) is 17.8 Å². The number of hydrogen-bond acceptors (Lipinski definition) is 7. The van der Waals surface area contributed by atoms with Gasteiger partial charge in [0, 0.05) is 11.1 Å². The number of aliphatic hydroxyl groups is 1. The number of benzene rings is 2. The number of halogens is 1. The number of aromatic nitrogens is 1. The molecule has 1 aliphatic rings. The zero-order chi connectivity index (χ0) is 26.5. The molecule has 2 atom stereocenters. The highest BCUT2D eigenvalue weighted by Crippen LogP contribution is 2.42. The monoisotopic (exact) mass is 524 g/mol. The molecule has 2 unspecified atom stereocenters. The Balaban J connectivity index is 1.77. The molecule has 0 saturated heterocycles. The lowest BCUT2D eigenvalue weighted by Crippen LogP contribution is -2.16. The molecule has 0 fully saturated rings. The summed E-state index contributed by atoms with van der Waals surface area (Å²) in [5.74, 6) is 2.72. The van der Waals surface area contributed by atoms with Crippen molar-refractivity contribution in [3.63, 3.8) is 0 Å². The van der Waals surface area contributed by atoms with Gasteiger partial charge in [-0.2, -0.15) is 4.89 Å². The Labute approximate surface area is 213 Å². The molecule has 1 aromatic heterocycles. The van der Waals surface area contributed by atoms with E-state index in [1.54, 1.807) is 18.2 Å². The van der Waals surface area contributed by atoms with Gasteiger partial charge in [0.25, 0.3) is 0 Å². The zero-order valence-corrected chi connectivity index (χ0v) is 21.0. The standard InChI is InChI=1S/C27H23FNO7P/c1-16(2)26-20(10-11-34-25(31)12-19(30)14-37(32)33)22(17-6-8-18(28)9-7-17)13-23(29-26)21-4-3-5-24-27(21)36-15-35-24/h3-9,13,16,19,30H,12,14-15H2,1-2H3/p+1. The third-order valence-electron chi connectivity index (χ3n) is 5.53. The first kappa shape index (κ1) is 26.2. The Bertz CT molecular complexity index is 1400. The number of aliphatic hydroxyl groups excluding tert-OH is 1. The molecule has 2 N–H and O–H groups in total. The van der Waals surface area contributed by atoms with Crippen LogP contribution in [0.3, 0.4) is 0 Å². The number of rotatable bonds is 7. The zero-order valence-electron chi connectivity index (χ0n) is 20.1. The number of ether oxygens (including phenoxy) is 3. The van der Waals surface area contributed by atoms with E-state index >= 15 is 0 Å². The SMILES string of the molecule is CC(C)c1nc(-c2cccc3c2OCO3)cc(-c2ccc(F)cc2)c1C#COC(=O)CC(O)C[P+](=O)O. The highest BCUT2D eigenvalue weighted by Gasteiger charge is 2.24. The summed E-state index contributed by atoms with van der Waals surface area (Å²) in [4.78, 5) is 25.8. The van der Waals surface area contributed by atoms with Gasteiger partial charge >= 0.3 is 14.0 Å². The van der Waals surface area contributed by atoms with Crippen molar-refractivity contribution in [3.05, 3.63) is 65.6 Å². The summed E-state index contributed by atoms with van der Waals surface area (Å²) in [6.07, 6.45) is 0.144. The third-order valence-corrected chi connectivity index (χ3v) is 6.27. The van der Waals surface area contributed by atoms with Gasteiger partial charge < -0.3 is 19.3 Å². The molecule has 0 aliphatic carbocycles. The van der Waals surface area contributed by atoms with E-state index in [9.17, 15) is 18.9 Å². The fourth-order valence-electron chi connectivity index (χ4n) is 3.85. The van der Waals surface area contributed by atoms with E-state index in [2.05, 4.69) is 12.0 Å². The van der Waals surface area contributed by atoms with Crippen LogP contribution in [0.4, 0.5) is 4.39 Å². The maximum atomic E-state index is 13.7. The fraction of sp³-hybridized carbons (Fsp3) is 0.259. The number of nitrogens with zero attached hydrogens (tertiary/aromatic N) is 1. The van der Waals surface area contributed by atoms with E-state index < -0.39 is 38.5 Å². The second-order valence-corrected chi connectivity index (χ2v) is 9.68. The van der Waals surface area contributed by atoms with Crippen molar-refractivity contribution in [1.29, 1.82) is 0 Å². The van der Waals surface area contributed by atoms with Gasteiger partial charge in [0.15, 0.2) is 11.5 Å². The number of hydrogen-bond donors (Lipinski definition) is 2. The first-order valence-electron chi connectivity index (χ1n) is 11.4. The van der Waals surface area contributed by atoms with E-state index in [1.807, 2.05) is 32.0 Å². The second-order valence-electron chi connectivity index (χ2n) is 8.61. The maximum Gasteiger partial charge on any atom is 0.508 e. The molecule has 4 rings (SSSR count). The highest BCUT2D eigenvalue weighted by atomic mass is 31.1. The third kappa shape index (κ3) is 6.30. The van der Waals surface area contributed by atoms with Gasteiger partial charge in [-0.3, -0.25) is 9.78 Å². The van der Waals surface area contributed by atoms with Gasteiger partial charge in [-0.15, -0.1) is 0 Å². The average Bonchev–Trinajstić information content (AvgIpc) is 3.33. The summed E-state index contributed by atoms with van der Waals surface area (Å²) in [5.41, 5.74) is 3.76. The van der Waals surface area contributed by atoms with Crippen LogP contribution < -0.4 is 9.47 Å². The Hall–Kier alpha value is -3.83. The van der Waals surface area contributed by atoms with Crippen molar-refractivity contribution in [2.24, 2.45) is 0 Å². The normalized spacial score (nSPS) is 13.1. The number of pyridine rings is 1. The molecule has 8 nitrogen and oxygen atoms in total. The van der Waals surface area contributed by atoms with Crippen LogP contribution >= 0.6 is 8.03 Å². The lowest BCUT2D eigenvalue weighted by molar-refractivity contribution is -0.138. The molecule has 0 spiro atoms. The number of carbonyl (C=O) groups excluding carboxylic acids is 1. The van der Waals surface area contributed by atoms with Crippen molar-refractivity contribution in [1.82, 2.24) is 4.98 Å². The fourth-order valence-corrected chi connectivity index (χ4v) is 4.34. The summed E-state index contributed by atoms with van der Waals surface area (Å²) in [6.45, 7) is 3.99. The Kier molecular flexibility index (Phi) is 8.14. The maximum absolute atomic E-state index is 13.7. The van der Waals surface area contributed by atoms with Crippen LogP contribution in [0.1, 0.15) is 37.4 Å². The van der Waals surface area contributed by atoms with Gasteiger partial charge in [-0.25, -0.2) is 4.39 Å². The molecule has 0 radical (unpaired) electrons. The van der Waals surface area contributed by atoms with Gasteiger partial charge in [0.1, 0.15) is 18.0 Å². The summed E-state index contributed by atoms with van der Waals surface area (Å²) in [6, 6.07) is 13.2. The van der Waals surface area contributed by atoms with E-state index in [-0.39, 0.29) is 12.7 Å². The first-order chi connectivity index (χ1) is 17.7. The van der Waals surface area contributed by atoms with E-state index in [0.29, 0.717) is 39.6 Å². The molecule has 0 amide bonds. The minimum absolute atomic E-state index is 0.0873. The van der Waals surface area contributed by atoms with Crippen LogP contribution in [0.2, 0.25) is 0 Å². The van der Waals surface area contributed by atoms with Crippen LogP contribution in [0.25, 0.3) is 22.4 Å². The smallest absolute Gasteiger partial charge is 0.454 e. The molecule has 1 aliphatic heterocycles. The largest absolute Gasteiger partial charge is 0.508 e. The molecule has 190 valence electrons. The molecule has 2 heterocycles. The van der Waals surface area contributed by atoms with Gasteiger partial charge in [-0.05, 0) is 52.3 Å². The summed E-state index contributed by atoms with van der Waals surface area (Å²) in [7, 11) is -2.58. The minimum Gasteiger partial charge on any atom is -0.454 e. The average molecular weight is 524 g/mol. The van der Waals surface area contributed by atoms with Crippen LogP contribution in [-0.4, -0.2) is 40.0 Å². The highest BCUT2D eigenvalue weighted by molar-refractivity contribution is 7.38. The molecule has 0 bridgehead atoms.